The maximum atomic E-state index is 12.6. The van der Waals surface area contributed by atoms with Crippen LogP contribution in [0.4, 0.5) is 0 Å². The van der Waals surface area contributed by atoms with E-state index < -0.39 is 0 Å². The van der Waals surface area contributed by atoms with Gasteiger partial charge in [-0.15, -0.1) is 0 Å². The third-order valence-electron chi connectivity index (χ3n) is 8.34. The molecule has 1 saturated carbocycles. The van der Waals surface area contributed by atoms with E-state index >= 15 is 0 Å². The number of hydrogen-bond donors (Lipinski definition) is 1. The van der Waals surface area contributed by atoms with E-state index in [9.17, 15) is 4.79 Å². The third-order valence-corrected chi connectivity index (χ3v) is 8.34. The standard InChI is InChI=1S/C29H39NO/c1-21(2)23-12-14-25-24(19-23)13-15-26-28(3,17-8-18-29(25,26)4)20-30-27(31)16-11-22-9-6-5-7-10-22/h5-7,9-10,12,14,19,21,26H,8,11,13,15-18,20H2,1-4H3,(H,30,31)/t26-,28-,29+/m0/s1. The molecule has 2 nitrogen and oxygen atoms in total. The predicted octanol–water partition coefficient (Wildman–Crippen LogP) is 6.57. The molecule has 2 heteroatoms. The SMILES string of the molecule is CC(C)c1ccc2c(c1)CC[C@H]1[C@](C)(CNC(=O)CCc3ccccc3)CCC[C@]21C. The van der Waals surface area contributed by atoms with Crippen LogP contribution in [-0.4, -0.2) is 12.5 Å². The van der Waals surface area contributed by atoms with E-state index in [-0.39, 0.29) is 16.7 Å². The summed E-state index contributed by atoms with van der Waals surface area (Å²) < 4.78 is 0. The average Bonchev–Trinajstić information content (AvgIpc) is 2.76. The largest absolute Gasteiger partial charge is 0.356 e. The molecule has 4 rings (SSSR count). The molecule has 0 spiro atoms. The van der Waals surface area contributed by atoms with Crippen molar-refractivity contribution in [1.82, 2.24) is 5.32 Å². The van der Waals surface area contributed by atoms with Crippen molar-refractivity contribution >= 4 is 5.91 Å². The minimum absolute atomic E-state index is 0.170. The summed E-state index contributed by atoms with van der Waals surface area (Å²) in [5.74, 6) is 1.40. The fourth-order valence-electron chi connectivity index (χ4n) is 6.51. The Morgan fingerprint density at radius 1 is 1.10 bits per heavy atom. The highest BCUT2D eigenvalue weighted by Crippen LogP contribution is 2.57. The van der Waals surface area contributed by atoms with Gasteiger partial charge in [0.05, 0.1) is 0 Å². The zero-order valence-electron chi connectivity index (χ0n) is 19.8. The number of carbonyl (C=O) groups excluding carboxylic acids is 1. The van der Waals surface area contributed by atoms with Crippen molar-refractivity contribution in [3.63, 3.8) is 0 Å². The average molecular weight is 418 g/mol. The number of rotatable bonds is 6. The van der Waals surface area contributed by atoms with Crippen molar-refractivity contribution in [2.45, 2.75) is 84.0 Å². The van der Waals surface area contributed by atoms with E-state index in [1.54, 1.807) is 11.1 Å². The number of amides is 1. The molecular formula is C29H39NO. The minimum Gasteiger partial charge on any atom is -0.356 e. The second kappa shape index (κ2) is 8.81. The van der Waals surface area contributed by atoms with Crippen LogP contribution in [-0.2, 0) is 23.1 Å². The van der Waals surface area contributed by atoms with Gasteiger partial charge < -0.3 is 5.32 Å². The van der Waals surface area contributed by atoms with Gasteiger partial charge in [-0.1, -0.05) is 82.6 Å². The molecule has 1 N–H and O–H groups in total. The molecule has 0 bridgehead atoms. The predicted molar refractivity (Wildman–Crippen MR) is 129 cm³/mol. The summed E-state index contributed by atoms with van der Waals surface area (Å²) in [4.78, 5) is 12.6. The fraction of sp³-hybridized carbons (Fsp3) is 0.552. The lowest BCUT2D eigenvalue weighted by atomic mass is 9.49. The molecule has 2 aromatic carbocycles. The fourth-order valence-corrected chi connectivity index (χ4v) is 6.51. The molecule has 0 aliphatic heterocycles. The van der Waals surface area contributed by atoms with E-state index in [4.69, 9.17) is 0 Å². The molecule has 2 aliphatic rings. The highest BCUT2D eigenvalue weighted by atomic mass is 16.1. The number of hydrogen-bond acceptors (Lipinski definition) is 1. The third kappa shape index (κ3) is 4.45. The lowest BCUT2D eigenvalue weighted by Gasteiger charge is -2.55. The van der Waals surface area contributed by atoms with E-state index in [0.29, 0.717) is 18.3 Å². The Hall–Kier alpha value is -2.09. The van der Waals surface area contributed by atoms with Gasteiger partial charge in [0.25, 0.3) is 0 Å². The number of carbonyl (C=O) groups is 1. The normalized spacial score (nSPS) is 27.5. The highest BCUT2D eigenvalue weighted by molar-refractivity contribution is 5.76. The molecule has 2 aromatic rings. The number of nitrogens with one attached hydrogen (secondary N) is 1. The van der Waals surface area contributed by atoms with E-state index in [1.165, 1.54) is 43.2 Å². The van der Waals surface area contributed by atoms with Gasteiger partial charge in [-0.05, 0) is 77.0 Å². The minimum atomic E-state index is 0.170. The summed E-state index contributed by atoms with van der Waals surface area (Å²) in [5.41, 5.74) is 6.24. The first-order valence-corrected chi connectivity index (χ1v) is 12.3. The molecule has 2 aliphatic carbocycles. The Morgan fingerprint density at radius 2 is 1.87 bits per heavy atom. The van der Waals surface area contributed by atoms with E-state index in [1.807, 2.05) is 18.2 Å². The quantitative estimate of drug-likeness (QED) is 0.566. The van der Waals surface area contributed by atoms with Gasteiger partial charge in [0.2, 0.25) is 5.91 Å². The molecule has 0 radical (unpaired) electrons. The number of aryl methyl sites for hydroxylation is 2. The Kier molecular flexibility index (Phi) is 6.28. The summed E-state index contributed by atoms with van der Waals surface area (Å²) in [6.07, 6.45) is 7.53. The molecule has 1 amide bonds. The van der Waals surface area contributed by atoms with Crippen LogP contribution >= 0.6 is 0 Å². The van der Waals surface area contributed by atoms with Crippen LogP contribution < -0.4 is 5.32 Å². The first-order valence-electron chi connectivity index (χ1n) is 12.3. The Bertz CT molecular complexity index is 918. The highest BCUT2D eigenvalue weighted by Gasteiger charge is 2.51. The Morgan fingerprint density at radius 3 is 2.61 bits per heavy atom. The first-order chi connectivity index (χ1) is 14.8. The first kappa shape index (κ1) is 22.1. The van der Waals surface area contributed by atoms with Crippen molar-refractivity contribution in [1.29, 1.82) is 0 Å². The topological polar surface area (TPSA) is 29.1 Å². The molecule has 3 atom stereocenters. The number of benzene rings is 2. The van der Waals surface area contributed by atoms with Crippen molar-refractivity contribution in [3.05, 3.63) is 70.8 Å². The van der Waals surface area contributed by atoms with Crippen LogP contribution in [0, 0.1) is 11.3 Å². The molecule has 0 unspecified atom stereocenters. The van der Waals surface area contributed by atoms with Crippen molar-refractivity contribution in [2.75, 3.05) is 6.54 Å². The van der Waals surface area contributed by atoms with Crippen LogP contribution in [0.2, 0.25) is 0 Å². The van der Waals surface area contributed by atoms with Crippen LogP contribution in [0.3, 0.4) is 0 Å². The van der Waals surface area contributed by atoms with Gasteiger partial charge in [-0.2, -0.15) is 0 Å². The van der Waals surface area contributed by atoms with Crippen molar-refractivity contribution < 1.29 is 4.79 Å². The zero-order chi connectivity index (χ0) is 22.1. The number of fused-ring (bicyclic) bond motifs is 3. The molecule has 0 aromatic heterocycles. The Labute approximate surface area is 188 Å². The molecular weight excluding hydrogens is 378 g/mol. The molecule has 1 fully saturated rings. The molecule has 0 heterocycles. The van der Waals surface area contributed by atoms with Gasteiger partial charge in [0.1, 0.15) is 0 Å². The van der Waals surface area contributed by atoms with Crippen LogP contribution in [0.1, 0.15) is 88.0 Å². The van der Waals surface area contributed by atoms with Gasteiger partial charge in [0.15, 0.2) is 0 Å². The molecule has 166 valence electrons. The lowest BCUT2D eigenvalue weighted by molar-refractivity contribution is -0.122. The smallest absolute Gasteiger partial charge is 0.220 e. The van der Waals surface area contributed by atoms with E-state index in [2.05, 4.69) is 63.3 Å². The summed E-state index contributed by atoms with van der Waals surface area (Å²) in [5, 5.41) is 3.32. The maximum absolute atomic E-state index is 12.6. The second-order valence-corrected chi connectivity index (χ2v) is 10.8. The zero-order valence-corrected chi connectivity index (χ0v) is 19.8. The summed E-state index contributed by atoms with van der Waals surface area (Å²) >= 11 is 0. The van der Waals surface area contributed by atoms with Crippen LogP contribution in [0.5, 0.6) is 0 Å². The second-order valence-electron chi connectivity index (χ2n) is 10.8. The summed E-state index contributed by atoms with van der Waals surface area (Å²) in [6.45, 7) is 10.3. The monoisotopic (exact) mass is 417 g/mol. The van der Waals surface area contributed by atoms with Gasteiger partial charge in [-0.25, -0.2) is 0 Å². The van der Waals surface area contributed by atoms with Crippen molar-refractivity contribution in [2.24, 2.45) is 11.3 Å². The molecule has 0 saturated heterocycles. The van der Waals surface area contributed by atoms with Crippen LogP contribution in [0.15, 0.2) is 48.5 Å². The summed E-state index contributed by atoms with van der Waals surface area (Å²) in [7, 11) is 0. The van der Waals surface area contributed by atoms with Crippen LogP contribution in [0.25, 0.3) is 0 Å². The van der Waals surface area contributed by atoms with Crippen molar-refractivity contribution in [3.8, 4) is 0 Å². The van der Waals surface area contributed by atoms with Gasteiger partial charge >= 0.3 is 0 Å². The lowest BCUT2D eigenvalue weighted by Crippen LogP contribution is -2.53. The summed E-state index contributed by atoms with van der Waals surface area (Å²) in [6, 6.07) is 17.6. The van der Waals surface area contributed by atoms with Gasteiger partial charge in [0, 0.05) is 13.0 Å². The van der Waals surface area contributed by atoms with Gasteiger partial charge in [-0.3, -0.25) is 4.79 Å². The van der Waals surface area contributed by atoms with E-state index in [0.717, 1.165) is 13.0 Å². The molecule has 31 heavy (non-hydrogen) atoms. The maximum Gasteiger partial charge on any atom is 0.220 e. The Balaban J connectivity index is 1.45.